The van der Waals surface area contributed by atoms with Crippen molar-refractivity contribution in [2.75, 3.05) is 6.54 Å². The SMILES string of the molecule is CCCn1cc(C(=O)N(CCCC(=O)O)Cc2ccccc2)cn1. The molecule has 1 heterocycles. The molecule has 1 aromatic heterocycles. The van der Waals surface area contributed by atoms with E-state index in [2.05, 4.69) is 12.0 Å². The van der Waals surface area contributed by atoms with E-state index >= 15 is 0 Å². The van der Waals surface area contributed by atoms with Crippen LogP contribution in [0.15, 0.2) is 42.7 Å². The molecule has 0 bridgehead atoms. The van der Waals surface area contributed by atoms with Gasteiger partial charge in [0.2, 0.25) is 0 Å². The van der Waals surface area contributed by atoms with Crippen molar-refractivity contribution in [3.05, 3.63) is 53.9 Å². The van der Waals surface area contributed by atoms with Gasteiger partial charge in [0.15, 0.2) is 0 Å². The van der Waals surface area contributed by atoms with E-state index in [-0.39, 0.29) is 12.3 Å². The molecule has 24 heavy (non-hydrogen) atoms. The molecule has 0 saturated heterocycles. The maximum absolute atomic E-state index is 12.8. The van der Waals surface area contributed by atoms with Crippen LogP contribution < -0.4 is 0 Å². The van der Waals surface area contributed by atoms with Crippen LogP contribution in [0.1, 0.15) is 42.1 Å². The van der Waals surface area contributed by atoms with Crippen molar-refractivity contribution < 1.29 is 14.7 Å². The molecule has 2 aromatic rings. The fraction of sp³-hybridized carbons (Fsp3) is 0.389. The molecular weight excluding hydrogens is 306 g/mol. The third-order valence-corrected chi connectivity index (χ3v) is 3.66. The maximum Gasteiger partial charge on any atom is 0.303 e. The Morgan fingerprint density at radius 1 is 1.25 bits per heavy atom. The van der Waals surface area contributed by atoms with Crippen LogP contribution in [-0.4, -0.2) is 38.2 Å². The van der Waals surface area contributed by atoms with Crippen molar-refractivity contribution in [2.45, 2.75) is 39.3 Å². The highest BCUT2D eigenvalue weighted by Gasteiger charge is 2.18. The molecule has 1 amide bonds. The van der Waals surface area contributed by atoms with E-state index in [4.69, 9.17) is 5.11 Å². The minimum atomic E-state index is -0.849. The Kier molecular flexibility index (Phi) is 6.54. The van der Waals surface area contributed by atoms with Gasteiger partial charge in [-0.05, 0) is 18.4 Å². The first-order chi connectivity index (χ1) is 11.6. The zero-order valence-electron chi connectivity index (χ0n) is 13.9. The lowest BCUT2D eigenvalue weighted by atomic mass is 10.2. The number of carboxylic acids is 1. The molecule has 0 aliphatic rings. The number of hydrogen-bond donors (Lipinski definition) is 1. The fourth-order valence-electron chi connectivity index (χ4n) is 2.49. The molecule has 6 nitrogen and oxygen atoms in total. The first-order valence-corrected chi connectivity index (χ1v) is 8.17. The maximum atomic E-state index is 12.8. The summed E-state index contributed by atoms with van der Waals surface area (Å²) in [6.45, 7) is 3.68. The molecule has 0 fully saturated rings. The molecule has 2 rings (SSSR count). The summed E-state index contributed by atoms with van der Waals surface area (Å²) in [6.07, 6.45) is 4.75. The van der Waals surface area contributed by atoms with E-state index in [0.29, 0.717) is 25.1 Å². The summed E-state index contributed by atoms with van der Waals surface area (Å²) in [6, 6.07) is 9.69. The van der Waals surface area contributed by atoms with E-state index in [1.807, 2.05) is 30.3 Å². The molecule has 0 aliphatic carbocycles. The van der Waals surface area contributed by atoms with Crippen LogP contribution in [-0.2, 0) is 17.9 Å². The summed E-state index contributed by atoms with van der Waals surface area (Å²) in [7, 11) is 0. The predicted octanol–water partition coefficient (Wildman–Crippen LogP) is 2.80. The molecule has 1 aromatic carbocycles. The second kappa shape index (κ2) is 8.86. The van der Waals surface area contributed by atoms with Crippen LogP contribution in [0.4, 0.5) is 0 Å². The van der Waals surface area contributed by atoms with Gasteiger partial charge in [0, 0.05) is 32.3 Å². The zero-order valence-corrected chi connectivity index (χ0v) is 13.9. The number of carboxylic acid groups (broad SMARTS) is 1. The quantitative estimate of drug-likeness (QED) is 0.767. The van der Waals surface area contributed by atoms with Crippen LogP contribution in [0.25, 0.3) is 0 Å². The Hall–Kier alpha value is -2.63. The van der Waals surface area contributed by atoms with Gasteiger partial charge < -0.3 is 10.0 Å². The molecule has 0 unspecified atom stereocenters. The van der Waals surface area contributed by atoms with Crippen molar-refractivity contribution in [3.63, 3.8) is 0 Å². The number of carbonyl (C=O) groups is 2. The number of carbonyl (C=O) groups excluding carboxylic acids is 1. The monoisotopic (exact) mass is 329 g/mol. The minimum Gasteiger partial charge on any atom is -0.481 e. The Labute approximate surface area is 141 Å². The van der Waals surface area contributed by atoms with Gasteiger partial charge in [-0.25, -0.2) is 0 Å². The standard InChI is InChI=1S/C18H23N3O3/c1-2-10-21-14-16(12-19-21)18(24)20(11-6-9-17(22)23)13-15-7-4-3-5-8-15/h3-5,7-8,12,14H,2,6,9-11,13H2,1H3,(H,22,23). The lowest BCUT2D eigenvalue weighted by Crippen LogP contribution is -2.31. The van der Waals surface area contributed by atoms with Gasteiger partial charge in [0.25, 0.3) is 5.91 Å². The number of aryl methyl sites for hydroxylation is 1. The Morgan fingerprint density at radius 2 is 2.00 bits per heavy atom. The van der Waals surface area contributed by atoms with Crippen molar-refractivity contribution in [3.8, 4) is 0 Å². The van der Waals surface area contributed by atoms with Gasteiger partial charge in [0.05, 0.1) is 11.8 Å². The zero-order chi connectivity index (χ0) is 17.4. The summed E-state index contributed by atoms with van der Waals surface area (Å²) in [4.78, 5) is 25.2. The van der Waals surface area contributed by atoms with Crippen LogP contribution in [0.5, 0.6) is 0 Å². The average Bonchev–Trinajstić information content (AvgIpc) is 3.03. The molecule has 0 atom stereocenters. The average molecular weight is 329 g/mol. The predicted molar refractivity (Wildman–Crippen MR) is 90.6 cm³/mol. The molecule has 1 N–H and O–H groups in total. The fourth-order valence-corrected chi connectivity index (χ4v) is 2.49. The van der Waals surface area contributed by atoms with Gasteiger partial charge in [-0.1, -0.05) is 37.3 Å². The van der Waals surface area contributed by atoms with Crippen molar-refractivity contribution >= 4 is 11.9 Å². The second-order valence-corrected chi connectivity index (χ2v) is 5.70. The van der Waals surface area contributed by atoms with Crippen molar-refractivity contribution in [1.82, 2.24) is 14.7 Å². The number of amides is 1. The first-order valence-electron chi connectivity index (χ1n) is 8.17. The molecule has 6 heteroatoms. The number of aromatic nitrogens is 2. The van der Waals surface area contributed by atoms with E-state index in [0.717, 1.165) is 18.5 Å². The van der Waals surface area contributed by atoms with E-state index in [1.165, 1.54) is 0 Å². The van der Waals surface area contributed by atoms with Gasteiger partial charge in [-0.3, -0.25) is 14.3 Å². The summed E-state index contributed by atoms with van der Waals surface area (Å²) in [5.41, 5.74) is 1.55. The smallest absolute Gasteiger partial charge is 0.303 e. The number of nitrogens with zero attached hydrogens (tertiary/aromatic N) is 3. The highest BCUT2D eigenvalue weighted by molar-refractivity contribution is 5.93. The molecule has 0 spiro atoms. The molecule has 0 saturated carbocycles. The van der Waals surface area contributed by atoms with Crippen molar-refractivity contribution in [1.29, 1.82) is 0 Å². The normalized spacial score (nSPS) is 10.5. The summed E-state index contributed by atoms with van der Waals surface area (Å²) in [5, 5.41) is 13.0. The molecule has 0 aliphatic heterocycles. The number of benzene rings is 1. The lowest BCUT2D eigenvalue weighted by Gasteiger charge is -2.22. The topological polar surface area (TPSA) is 75.4 Å². The van der Waals surface area contributed by atoms with E-state index in [9.17, 15) is 9.59 Å². The van der Waals surface area contributed by atoms with Crippen LogP contribution in [0, 0.1) is 0 Å². The second-order valence-electron chi connectivity index (χ2n) is 5.70. The largest absolute Gasteiger partial charge is 0.481 e. The number of hydrogen-bond acceptors (Lipinski definition) is 3. The Balaban J connectivity index is 2.10. The molecular formula is C18H23N3O3. The van der Waals surface area contributed by atoms with Gasteiger partial charge >= 0.3 is 5.97 Å². The summed E-state index contributed by atoms with van der Waals surface area (Å²) >= 11 is 0. The van der Waals surface area contributed by atoms with Gasteiger partial charge in [0.1, 0.15) is 0 Å². The third kappa shape index (κ3) is 5.22. The Bertz CT molecular complexity index is 667. The highest BCUT2D eigenvalue weighted by atomic mass is 16.4. The highest BCUT2D eigenvalue weighted by Crippen LogP contribution is 2.11. The molecule has 128 valence electrons. The van der Waals surface area contributed by atoms with E-state index < -0.39 is 5.97 Å². The third-order valence-electron chi connectivity index (χ3n) is 3.66. The van der Waals surface area contributed by atoms with Crippen molar-refractivity contribution in [2.24, 2.45) is 0 Å². The van der Waals surface area contributed by atoms with E-state index in [1.54, 1.807) is 22.0 Å². The number of aliphatic carboxylic acids is 1. The first kappa shape index (κ1) is 17.7. The summed E-state index contributed by atoms with van der Waals surface area (Å²) in [5.74, 6) is -0.968. The van der Waals surface area contributed by atoms with Crippen LogP contribution in [0.3, 0.4) is 0 Å². The molecule has 0 radical (unpaired) electrons. The lowest BCUT2D eigenvalue weighted by molar-refractivity contribution is -0.137. The van der Waals surface area contributed by atoms with Gasteiger partial charge in [-0.15, -0.1) is 0 Å². The van der Waals surface area contributed by atoms with Gasteiger partial charge in [-0.2, -0.15) is 5.10 Å². The summed E-state index contributed by atoms with van der Waals surface area (Å²) < 4.78 is 1.76. The number of rotatable bonds is 9. The minimum absolute atomic E-state index is 0.0493. The Morgan fingerprint density at radius 3 is 2.67 bits per heavy atom. The van der Waals surface area contributed by atoms with Crippen LogP contribution in [0.2, 0.25) is 0 Å². The van der Waals surface area contributed by atoms with Crippen LogP contribution >= 0.6 is 0 Å².